The van der Waals surface area contributed by atoms with E-state index < -0.39 is 32.3 Å². The van der Waals surface area contributed by atoms with Crippen LogP contribution in [-0.2, 0) is 28.3 Å². The second kappa shape index (κ2) is 26.7. The van der Waals surface area contributed by atoms with Gasteiger partial charge in [-0.05, 0) is 138 Å². The van der Waals surface area contributed by atoms with Crippen LogP contribution in [-0.4, -0.2) is 133 Å². The summed E-state index contributed by atoms with van der Waals surface area (Å²) in [5, 5.41) is 9.41. The molecule has 4 aromatic heterocycles. The normalized spacial score (nSPS) is 21.8. The van der Waals surface area contributed by atoms with Gasteiger partial charge in [-0.3, -0.25) is 0 Å². The molecule has 9 rings (SSSR count). The predicted molar refractivity (Wildman–Crippen MR) is 335 cm³/mol. The van der Waals surface area contributed by atoms with Gasteiger partial charge >= 0.3 is 7.12 Å². The van der Waals surface area contributed by atoms with E-state index in [-0.39, 0.29) is 18.3 Å². The Bertz CT molecular complexity index is 2560. The highest BCUT2D eigenvalue weighted by Gasteiger charge is 2.53. The summed E-state index contributed by atoms with van der Waals surface area (Å²) in [7, 11) is -4.61. The molecule has 0 aromatic carbocycles. The van der Waals surface area contributed by atoms with Gasteiger partial charge in [0.2, 0.25) is 0 Å². The largest absolute Gasteiger partial charge is 0.490 e. The molecule has 0 unspecified atom stereocenters. The minimum atomic E-state index is -1.14. The van der Waals surface area contributed by atoms with Crippen LogP contribution in [0.25, 0.3) is 16.9 Å². The lowest BCUT2D eigenvalue weighted by Crippen LogP contribution is -2.41. The van der Waals surface area contributed by atoms with Crippen molar-refractivity contribution >= 4 is 79.5 Å². The second-order valence-electron chi connectivity index (χ2n) is 28.9. The highest BCUT2D eigenvalue weighted by Crippen LogP contribution is 2.46. The molecule has 5 heterocycles. The van der Waals surface area contributed by atoms with Crippen LogP contribution in [0.5, 0.6) is 0 Å². The van der Waals surface area contributed by atoms with Gasteiger partial charge in [-0.2, -0.15) is 19.2 Å². The van der Waals surface area contributed by atoms with E-state index in [0.717, 1.165) is 104 Å². The minimum absolute atomic E-state index is 0.0941. The number of hydrogen-bond donors (Lipinski definition) is 0. The third-order valence-electron chi connectivity index (χ3n) is 16.2. The Hall–Kier alpha value is -2.70. The summed E-state index contributed by atoms with van der Waals surface area (Å²) >= 11 is 6.22. The van der Waals surface area contributed by atoms with Gasteiger partial charge < -0.3 is 38.1 Å². The van der Waals surface area contributed by atoms with E-state index in [9.17, 15) is 0 Å². The molecular weight excluding hydrogens is 1060 g/mol. The highest BCUT2D eigenvalue weighted by molar-refractivity contribution is 6.77. The highest BCUT2D eigenvalue weighted by atomic mass is 35.5. The maximum absolute atomic E-state index is 6.22. The molecular formula is C58H100BClN8O6Si4. The van der Waals surface area contributed by atoms with Crippen molar-refractivity contribution in [2.75, 3.05) is 63.2 Å². The topological polar surface area (TPSA) is 122 Å². The summed E-state index contributed by atoms with van der Waals surface area (Å²) in [6.07, 6.45) is 19.0. The molecule has 0 amide bonds. The predicted octanol–water partition coefficient (Wildman–Crippen LogP) is 14.5. The Morgan fingerprint density at radius 1 is 0.577 bits per heavy atom. The molecule has 78 heavy (non-hydrogen) atoms. The fourth-order valence-electron chi connectivity index (χ4n) is 10.6. The van der Waals surface area contributed by atoms with Crippen LogP contribution in [0.3, 0.4) is 0 Å². The number of rotatable bonds is 24. The molecule has 4 atom stereocenters. The van der Waals surface area contributed by atoms with E-state index in [2.05, 4.69) is 145 Å². The van der Waals surface area contributed by atoms with E-state index in [1.807, 2.05) is 33.8 Å². The number of anilines is 2. The third-order valence-corrected chi connectivity index (χ3v) is 23.3. The molecule has 1 aliphatic heterocycles. The van der Waals surface area contributed by atoms with Crippen molar-refractivity contribution in [1.29, 1.82) is 0 Å². The molecule has 20 heteroatoms. The van der Waals surface area contributed by atoms with Gasteiger partial charge in [0.1, 0.15) is 43.7 Å². The summed E-state index contributed by atoms with van der Waals surface area (Å²) < 4.78 is 40.3. The summed E-state index contributed by atoms with van der Waals surface area (Å²) in [6.45, 7) is 41.9. The summed E-state index contributed by atoms with van der Waals surface area (Å²) in [5.74, 6) is 5.07. The van der Waals surface area contributed by atoms with Crippen LogP contribution in [0.2, 0.25) is 108 Å². The SMILES string of the molecule is CC1(C)OB(C2=C[C@@H]3CC[C@H](C2)C3)OC1(C)C.C[Si](C)(C)CCOCN(COCC[Si](C)(C)C)c1cc(C2=C[C@@H]3CC[C@H](C2)C3)nc2ccnn12.C[Si](C)(C)CCOCN(COCC[Si](C)(C)C)c1cc(Cl)nc2ccnn12. The zero-order chi connectivity index (χ0) is 56.7. The summed E-state index contributed by atoms with van der Waals surface area (Å²) in [6, 6.07) is 12.4. The van der Waals surface area contributed by atoms with Crippen LogP contribution in [0.15, 0.2) is 54.3 Å². The fraction of sp³-hybridized carbons (Fsp3) is 0.724. The van der Waals surface area contributed by atoms with E-state index >= 15 is 0 Å². The molecule has 4 aliphatic carbocycles. The smallest absolute Gasteiger partial charge is 0.400 e. The van der Waals surface area contributed by atoms with Crippen molar-refractivity contribution < 1.29 is 28.3 Å². The molecule has 434 valence electrons. The first-order chi connectivity index (χ1) is 36.5. The Morgan fingerprint density at radius 2 is 0.987 bits per heavy atom. The van der Waals surface area contributed by atoms with Crippen molar-refractivity contribution in [2.45, 2.75) is 193 Å². The van der Waals surface area contributed by atoms with Crippen molar-refractivity contribution in [3.8, 4) is 0 Å². The van der Waals surface area contributed by atoms with Crippen LogP contribution < -0.4 is 9.80 Å². The number of hydrogen-bond acceptors (Lipinski definition) is 12. The van der Waals surface area contributed by atoms with E-state index in [1.165, 1.54) is 56.0 Å². The molecule has 14 nitrogen and oxygen atoms in total. The number of allylic oxidation sites excluding steroid dienone is 4. The third kappa shape index (κ3) is 18.9. The van der Waals surface area contributed by atoms with E-state index in [4.69, 9.17) is 44.8 Å². The number of nitrogens with zero attached hydrogens (tertiary/aromatic N) is 8. The number of halogens is 1. The number of aromatic nitrogens is 6. The molecule has 4 bridgehead atoms. The first-order valence-electron chi connectivity index (χ1n) is 29.4. The first-order valence-corrected chi connectivity index (χ1v) is 44.6. The van der Waals surface area contributed by atoms with Gasteiger partial charge in [0.25, 0.3) is 0 Å². The zero-order valence-corrected chi connectivity index (χ0v) is 55.8. The Kier molecular flexibility index (Phi) is 21.5. The monoisotopic (exact) mass is 1160 g/mol. The second-order valence-corrected chi connectivity index (χ2v) is 51.8. The minimum Gasteiger partial charge on any atom is -0.400 e. The maximum Gasteiger partial charge on any atom is 0.490 e. The zero-order valence-electron chi connectivity index (χ0n) is 51.1. The van der Waals surface area contributed by atoms with Gasteiger partial charge in [0, 0.05) is 83.0 Å². The standard InChI is InChI=1S/C26H44N4O2Si2.C18H33ClN4O2Si2.C14H23BO2/c1-33(2,3)13-11-31-19-29(20-32-12-14-34(4,5)6)26-18-24(28-25-9-10-27-30(25)26)23-16-21-7-8-22(15-21)17-23;1-26(2,3)11-9-24-14-22(15-25-10-12-27(4,5)6)18-13-16(19)21-17-7-8-20-23(17)18;1-13(2)14(3,4)17-15(16-13)12-8-10-5-6-11(7-10)9-12/h9-10,16,18,21-22H,7-8,11-15,17,19-20H2,1-6H3;7-8,13H,9-12,14-15H2,1-6H3;8,10-11H,5-7,9H2,1-4H3/t21-,22+;;10-,11+/m1.1/s1. The maximum atomic E-state index is 6.22. The molecule has 5 aliphatic rings. The number of ether oxygens (including phenoxy) is 4. The summed E-state index contributed by atoms with van der Waals surface area (Å²) in [4.78, 5) is 13.5. The Labute approximate surface area is 479 Å². The van der Waals surface area contributed by atoms with Gasteiger partial charge in [-0.25, -0.2) is 9.97 Å². The fourth-order valence-corrected chi connectivity index (χ4v) is 13.8. The van der Waals surface area contributed by atoms with Crippen LogP contribution in [0, 0.1) is 23.7 Å². The molecule has 0 N–H and O–H groups in total. The van der Waals surface area contributed by atoms with E-state index in [1.54, 1.807) is 10.7 Å². The van der Waals surface area contributed by atoms with Crippen LogP contribution in [0.1, 0.15) is 84.8 Å². The molecule has 0 radical (unpaired) electrons. The van der Waals surface area contributed by atoms with Gasteiger partial charge in [-0.15, -0.1) is 0 Å². The van der Waals surface area contributed by atoms with Crippen molar-refractivity contribution in [2.24, 2.45) is 23.7 Å². The van der Waals surface area contributed by atoms with E-state index in [0.29, 0.717) is 37.7 Å². The molecule has 0 spiro atoms. The van der Waals surface area contributed by atoms with Crippen molar-refractivity contribution in [1.82, 2.24) is 29.2 Å². The summed E-state index contributed by atoms with van der Waals surface area (Å²) in [5.41, 5.74) is 5.11. The van der Waals surface area contributed by atoms with Crippen molar-refractivity contribution in [3.63, 3.8) is 0 Å². The first kappa shape index (κ1) is 62.9. The average molecular weight is 1160 g/mol. The quantitative estimate of drug-likeness (QED) is 0.0287. The molecule has 4 aromatic rings. The van der Waals surface area contributed by atoms with Gasteiger partial charge in [0.05, 0.1) is 29.3 Å². The Balaban J connectivity index is 0.000000179. The lowest BCUT2D eigenvalue weighted by atomic mass is 9.70. The lowest BCUT2D eigenvalue weighted by molar-refractivity contribution is 0.00578. The van der Waals surface area contributed by atoms with Gasteiger partial charge in [-0.1, -0.05) is 102 Å². The Morgan fingerprint density at radius 3 is 1.41 bits per heavy atom. The van der Waals surface area contributed by atoms with Crippen LogP contribution >= 0.6 is 11.6 Å². The van der Waals surface area contributed by atoms with Gasteiger partial charge in [0.15, 0.2) is 11.3 Å². The average Bonchev–Trinajstić information content (AvgIpc) is 4.20. The molecule has 2 saturated carbocycles. The lowest BCUT2D eigenvalue weighted by Gasteiger charge is -2.32. The van der Waals surface area contributed by atoms with Crippen LogP contribution in [0.4, 0.5) is 11.6 Å². The molecule has 1 saturated heterocycles. The van der Waals surface area contributed by atoms with Crippen molar-refractivity contribution in [3.05, 3.63) is 65.1 Å². The number of fused-ring (bicyclic) bond motifs is 6. The molecule has 3 fully saturated rings.